The zero-order valence-corrected chi connectivity index (χ0v) is 17.0. The normalized spacial score (nSPS) is 12.7. The van der Waals surface area contributed by atoms with Crippen molar-refractivity contribution >= 4 is 38.0 Å². The summed E-state index contributed by atoms with van der Waals surface area (Å²) in [7, 11) is -3.65. The number of rotatable bonds is 7. The van der Waals surface area contributed by atoms with E-state index in [2.05, 4.69) is 15.3 Å². The number of sulfone groups is 1. The summed E-state index contributed by atoms with van der Waals surface area (Å²) in [6.07, 6.45) is 5.10. The van der Waals surface area contributed by atoms with Crippen LogP contribution in [0.15, 0.2) is 76.7 Å². The summed E-state index contributed by atoms with van der Waals surface area (Å²) < 4.78 is 26.5. The highest BCUT2D eigenvalue weighted by molar-refractivity contribution is 7.93. The predicted molar refractivity (Wildman–Crippen MR) is 113 cm³/mol. The van der Waals surface area contributed by atoms with Crippen LogP contribution in [0.4, 0.5) is 0 Å². The van der Waals surface area contributed by atoms with Gasteiger partial charge in [-0.2, -0.15) is 0 Å². The molecule has 0 saturated heterocycles. The van der Waals surface area contributed by atoms with Crippen molar-refractivity contribution in [2.75, 3.05) is 6.54 Å². The van der Waals surface area contributed by atoms with Crippen LogP contribution in [0, 0.1) is 0 Å². The van der Waals surface area contributed by atoms with Gasteiger partial charge in [0.05, 0.1) is 6.42 Å². The lowest BCUT2D eigenvalue weighted by Crippen LogP contribution is -2.32. The average molecular weight is 426 g/mol. The second kappa shape index (κ2) is 8.18. The molecule has 4 aromatic rings. The molecule has 29 heavy (non-hydrogen) atoms. The van der Waals surface area contributed by atoms with Crippen LogP contribution in [0.25, 0.3) is 10.9 Å². The number of hydrogen-bond donors (Lipinski definition) is 2. The third kappa shape index (κ3) is 4.08. The summed E-state index contributed by atoms with van der Waals surface area (Å²) in [5, 5.41) is 4.60. The van der Waals surface area contributed by atoms with Crippen molar-refractivity contribution in [1.29, 1.82) is 0 Å². The zero-order chi connectivity index (χ0) is 20.3. The first-order valence-electron chi connectivity index (χ1n) is 9.05. The molecular formula is C21H19N3O3S2. The number of fused-ring (bicyclic) bond motifs is 1. The molecule has 1 amide bonds. The van der Waals surface area contributed by atoms with E-state index in [9.17, 15) is 13.2 Å². The Morgan fingerprint density at radius 3 is 2.76 bits per heavy atom. The van der Waals surface area contributed by atoms with E-state index in [1.54, 1.807) is 35.8 Å². The number of thiophene rings is 1. The Morgan fingerprint density at radius 1 is 1.14 bits per heavy atom. The molecule has 148 valence electrons. The number of nitrogens with one attached hydrogen (secondary N) is 2. The lowest BCUT2D eigenvalue weighted by molar-refractivity contribution is -0.120. The van der Waals surface area contributed by atoms with Gasteiger partial charge in [0.25, 0.3) is 0 Å². The van der Waals surface area contributed by atoms with Gasteiger partial charge in [0.15, 0.2) is 9.84 Å². The first-order valence-corrected chi connectivity index (χ1v) is 11.5. The minimum Gasteiger partial charge on any atom is -0.361 e. The van der Waals surface area contributed by atoms with Crippen LogP contribution in [0.5, 0.6) is 0 Å². The molecule has 1 aromatic carbocycles. The Bertz CT molecular complexity index is 1220. The third-order valence-corrected chi connectivity index (χ3v) is 8.25. The number of amides is 1. The maximum absolute atomic E-state index is 13.1. The molecule has 0 aliphatic carbocycles. The minimum absolute atomic E-state index is 0.0207. The smallest absolute Gasteiger partial charge is 0.224 e. The number of H-pyrrole nitrogens is 1. The number of hydrogen-bond acceptors (Lipinski definition) is 5. The van der Waals surface area contributed by atoms with Gasteiger partial charge >= 0.3 is 0 Å². The van der Waals surface area contributed by atoms with Crippen molar-refractivity contribution in [2.24, 2.45) is 0 Å². The Kier molecular flexibility index (Phi) is 5.46. The highest BCUT2D eigenvalue weighted by Crippen LogP contribution is 2.30. The summed E-state index contributed by atoms with van der Waals surface area (Å²) in [5.41, 5.74) is 2.38. The SMILES string of the molecule is O=C(Cc1c[nH]c2ccccc12)NCC(c1cccnc1)S(=O)(=O)c1cccs1. The lowest BCUT2D eigenvalue weighted by atomic mass is 10.1. The number of nitrogens with zero attached hydrogens (tertiary/aromatic N) is 1. The van der Waals surface area contributed by atoms with Crippen LogP contribution in [-0.2, 0) is 21.1 Å². The zero-order valence-electron chi connectivity index (χ0n) is 15.4. The Labute approximate surface area is 172 Å². The van der Waals surface area contributed by atoms with E-state index >= 15 is 0 Å². The van der Waals surface area contributed by atoms with Crippen LogP contribution in [-0.4, -0.2) is 30.8 Å². The molecule has 0 bridgehead atoms. The fourth-order valence-corrected chi connectivity index (χ4v) is 6.11. The van der Waals surface area contributed by atoms with Gasteiger partial charge in [-0.3, -0.25) is 9.78 Å². The molecule has 1 unspecified atom stereocenters. The number of carbonyl (C=O) groups excluding carboxylic acids is 1. The van der Waals surface area contributed by atoms with E-state index in [4.69, 9.17) is 0 Å². The molecule has 6 nitrogen and oxygen atoms in total. The van der Waals surface area contributed by atoms with Crippen molar-refractivity contribution in [3.63, 3.8) is 0 Å². The van der Waals surface area contributed by atoms with Gasteiger partial charge in [-0.1, -0.05) is 30.3 Å². The van der Waals surface area contributed by atoms with Gasteiger partial charge in [-0.25, -0.2) is 8.42 Å². The second-order valence-corrected chi connectivity index (χ2v) is 9.90. The maximum Gasteiger partial charge on any atom is 0.224 e. The Morgan fingerprint density at radius 2 is 2.00 bits per heavy atom. The van der Waals surface area contributed by atoms with Crippen LogP contribution in [0.2, 0.25) is 0 Å². The number of aromatic nitrogens is 2. The quantitative estimate of drug-likeness (QED) is 0.474. The van der Waals surface area contributed by atoms with Crippen LogP contribution < -0.4 is 5.32 Å². The first kappa shape index (κ1) is 19.4. The molecular weight excluding hydrogens is 406 g/mol. The van der Waals surface area contributed by atoms with E-state index in [1.807, 2.05) is 30.5 Å². The molecule has 1 atom stereocenters. The third-order valence-electron chi connectivity index (χ3n) is 4.72. The van der Waals surface area contributed by atoms with E-state index in [1.165, 1.54) is 17.5 Å². The first-order chi connectivity index (χ1) is 14.1. The molecule has 2 N–H and O–H groups in total. The highest BCUT2D eigenvalue weighted by Gasteiger charge is 2.30. The predicted octanol–water partition coefficient (Wildman–Crippen LogP) is 3.50. The number of pyridine rings is 1. The monoisotopic (exact) mass is 425 g/mol. The fourth-order valence-electron chi connectivity index (χ4n) is 3.26. The number of aromatic amines is 1. The molecule has 0 fully saturated rings. The Balaban J connectivity index is 1.53. The van der Waals surface area contributed by atoms with Crippen molar-refractivity contribution < 1.29 is 13.2 Å². The summed E-state index contributed by atoms with van der Waals surface area (Å²) in [5.74, 6) is -0.231. The van der Waals surface area contributed by atoms with E-state index in [0.717, 1.165) is 16.5 Å². The minimum atomic E-state index is -3.65. The maximum atomic E-state index is 13.1. The molecule has 0 saturated carbocycles. The van der Waals surface area contributed by atoms with Crippen molar-refractivity contribution in [2.45, 2.75) is 15.9 Å². The van der Waals surface area contributed by atoms with E-state index in [0.29, 0.717) is 5.56 Å². The fraction of sp³-hybridized carbons (Fsp3) is 0.143. The summed E-state index contributed by atoms with van der Waals surface area (Å²) in [6, 6.07) is 14.4. The molecule has 0 spiro atoms. The lowest BCUT2D eigenvalue weighted by Gasteiger charge is -2.17. The molecule has 3 heterocycles. The standard InChI is InChI=1S/C21H19N3O3S2/c25-20(11-16-13-23-18-7-2-1-6-17(16)18)24-14-19(15-5-3-9-22-12-15)29(26,27)21-8-4-10-28-21/h1-10,12-13,19,23H,11,14H2,(H,24,25). The molecule has 8 heteroatoms. The van der Waals surface area contributed by atoms with Gasteiger partial charge in [0.2, 0.25) is 5.91 Å². The van der Waals surface area contributed by atoms with Crippen molar-refractivity contribution in [3.05, 3.63) is 83.6 Å². The van der Waals surface area contributed by atoms with E-state index < -0.39 is 15.1 Å². The molecule has 4 rings (SSSR count). The largest absolute Gasteiger partial charge is 0.361 e. The molecule has 0 aliphatic rings. The topological polar surface area (TPSA) is 91.9 Å². The molecule has 0 radical (unpaired) electrons. The van der Waals surface area contributed by atoms with Gasteiger partial charge in [-0.15, -0.1) is 11.3 Å². The van der Waals surface area contributed by atoms with Crippen molar-refractivity contribution in [3.8, 4) is 0 Å². The number of para-hydroxylation sites is 1. The van der Waals surface area contributed by atoms with E-state index in [-0.39, 0.29) is 23.1 Å². The summed E-state index contributed by atoms with van der Waals surface area (Å²) in [4.78, 5) is 19.8. The van der Waals surface area contributed by atoms with Gasteiger partial charge in [0, 0.05) is 36.0 Å². The van der Waals surface area contributed by atoms with Crippen LogP contribution >= 0.6 is 11.3 Å². The average Bonchev–Trinajstić information content (AvgIpc) is 3.40. The second-order valence-electron chi connectivity index (χ2n) is 6.59. The van der Waals surface area contributed by atoms with Crippen LogP contribution in [0.3, 0.4) is 0 Å². The molecule has 0 aliphatic heterocycles. The van der Waals surface area contributed by atoms with Gasteiger partial charge < -0.3 is 10.3 Å². The van der Waals surface area contributed by atoms with Gasteiger partial charge in [0.1, 0.15) is 9.46 Å². The summed E-state index contributed by atoms with van der Waals surface area (Å²) >= 11 is 1.17. The van der Waals surface area contributed by atoms with Crippen LogP contribution in [0.1, 0.15) is 16.4 Å². The Hall–Kier alpha value is -2.97. The highest BCUT2D eigenvalue weighted by atomic mass is 32.2. The summed E-state index contributed by atoms with van der Waals surface area (Å²) in [6.45, 7) is -0.0207. The van der Waals surface area contributed by atoms with Crippen molar-refractivity contribution in [1.82, 2.24) is 15.3 Å². The number of benzene rings is 1. The van der Waals surface area contributed by atoms with Gasteiger partial charge in [-0.05, 0) is 34.7 Å². The molecule has 3 aromatic heterocycles. The number of carbonyl (C=O) groups is 1.